The molecule has 1 heterocycles. The smallest absolute Gasteiger partial charge is 0.242 e. The Morgan fingerprint density at radius 1 is 1.03 bits per heavy atom. The summed E-state index contributed by atoms with van der Waals surface area (Å²) in [6.07, 6.45) is 3.97. The first-order valence-corrected chi connectivity index (χ1v) is 11.2. The van der Waals surface area contributed by atoms with Gasteiger partial charge in [-0.05, 0) is 55.5 Å². The lowest BCUT2D eigenvalue weighted by Crippen LogP contribution is -2.45. The molecule has 1 fully saturated rings. The zero-order valence-electron chi connectivity index (χ0n) is 18.8. The highest BCUT2D eigenvalue weighted by molar-refractivity contribution is 5.86. The first-order chi connectivity index (χ1) is 14.8. The average molecular weight is 429 g/mol. The molecule has 1 saturated carbocycles. The monoisotopic (exact) mass is 428 g/mol. The van der Waals surface area contributed by atoms with Crippen molar-refractivity contribution in [3.8, 4) is 0 Å². The Labute approximate surface area is 184 Å². The predicted molar refractivity (Wildman–Crippen MR) is 117 cm³/mol. The topological polar surface area (TPSA) is 53.8 Å². The molecule has 5 nitrogen and oxygen atoms in total. The van der Waals surface area contributed by atoms with E-state index >= 15 is 0 Å². The van der Waals surface area contributed by atoms with Gasteiger partial charge in [0.15, 0.2) is 0 Å². The molecule has 3 rings (SSSR count). The first-order valence-electron chi connectivity index (χ1n) is 11.2. The molecular formula is C25H33FN2O3. The molecule has 1 aromatic heterocycles. The molecule has 0 aliphatic heterocycles. The van der Waals surface area contributed by atoms with Crippen LogP contribution in [0, 0.1) is 24.6 Å². The number of halogens is 1. The van der Waals surface area contributed by atoms with Gasteiger partial charge in [0.1, 0.15) is 17.3 Å². The Morgan fingerprint density at radius 3 is 2.29 bits per heavy atom. The van der Waals surface area contributed by atoms with Crippen LogP contribution in [0.2, 0.25) is 0 Å². The third kappa shape index (κ3) is 6.68. The summed E-state index contributed by atoms with van der Waals surface area (Å²) >= 11 is 0. The second kappa shape index (κ2) is 10.6. The van der Waals surface area contributed by atoms with Gasteiger partial charge in [0.2, 0.25) is 11.8 Å². The summed E-state index contributed by atoms with van der Waals surface area (Å²) in [6.45, 7) is 7.21. The second-order valence-corrected chi connectivity index (χ2v) is 8.98. The molecule has 0 atom stereocenters. The standard InChI is InChI=1S/C25H33FN2O3/c1-18(2)14-28(25(30)21-6-4-5-7-21)17-24(29)27(16-23-13-8-19(3)31-23)15-20-9-11-22(26)12-10-20/h8-13,18,21H,4-7,14-17H2,1-3H3. The molecule has 1 aliphatic rings. The number of aryl methyl sites for hydroxylation is 1. The van der Waals surface area contributed by atoms with E-state index in [1.807, 2.05) is 19.1 Å². The van der Waals surface area contributed by atoms with E-state index in [1.165, 1.54) is 12.1 Å². The average Bonchev–Trinajstić information content (AvgIpc) is 3.39. The number of hydrogen-bond acceptors (Lipinski definition) is 3. The van der Waals surface area contributed by atoms with Crippen molar-refractivity contribution in [1.82, 2.24) is 9.80 Å². The van der Waals surface area contributed by atoms with Crippen LogP contribution in [-0.2, 0) is 22.7 Å². The van der Waals surface area contributed by atoms with Crippen LogP contribution in [0.4, 0.5) is 4.39 Å². The number of rotatable bonds is 9. The third-order valence-electron chi connectivity index (χ3n) is 5.71. The molecular weight excluding hydrogens is 395 g/mol. The lowest BCUT2D eigenvalue weighted by molar-refractivity contribution is -0.144. The highest BCUT2D eigenvalue weighted by atomic mass is 19.1. The van der Waals surface area contributed by atoms with E-state index in [0.29, 0.717) is 25.4 Å². The summed E-state index contributed by atoms with van der Waals surface area (Å²) in [6, 6.07) is 9.87. The van der Waals surface area contributed by atoms with Crippen molar-refractivity contribution in [1.29, 1.82) is 0 Å². The summed E-state index contributed by atoms with van der Waals surface area (Å²) in [4.78, 5) is 29.9. The van der Waals surface area contributed by atoms with Gasteiger partial charge >= 0.3 is 0 Å². The molecule has 0 saturated heterocycles. The Morgan fingerprint density at radius 2 is 1.71 bits per heavy atom. The number of carbonyl (C=O) groups is 2. The van der Waals surface area contributed by atoms with Crippen LogP contribution < -0.4 is 0 Å². The lowest BCUT2D eigenvalue weighted by atomic mass is 10.1. The molecule has 0 radical (unpaired) electrons. The minimum atomic E-state index is -0.312. The minimum absolute atomic E-state index is 0.0322. The Bertz CT molecular complexity index is 869. The SMILES string of the molecule is Cc1ccc(CN(Cc2ccc(F)cc2)C(=O)CN(CC(C)C)C(=O)C2CCCC2)o1. The summed E-state index contributed by atoms with van der Waals surface area (Å²) in [5.74, 6) is 1.42. The van der Waals surface area contributed by atoms with Crippen molar-refractivity contribution in [2.45, 2.75) is 59.5 Å². The molecule has 0 N–H and O–H groups in total. The maximum absolute atomic E-state index is 13.4. The summed E-state index contributed by atoms with van der Waals surface area (Å²) < 4.78 is 19.0. The van der Waals surface area contributed by atoms with Crippen LogP contribution in [0.1, 0.15) is 56.6 Å². The highest BCUT2D eigenvalue weighted by Gasteiger charge is 2.30. The van der Waals surface area contributed by atoms with Crippen molar-refractivity contribution in [3.63, 3.8) is 0 Å². The molecule has 0 unspecified atom stereocenters. The van der Waals surface area contributed by atoms with Crippen LogP contribution in [0.5, 0.6) is 0 Å². The quantitative estimate of drug-likeness (QED) is 0.569. The molecule has 2 aromatic rings. The zero-order valence-corrected chi connectivity index (χ0v) is 18.8. The van der Waals surface area contributed by atoms with Crippen LogP contribution in [-0.4, -0.2) is 34.7 Å². The van der Waals surface area contributed by atoms with Gasteiger partial charge in [0.25, 0.3) is 0 Å². The number of carbonyl (C=O) groups excluding carboxylic acids is 2. The fraction of sp³-hybridized carbons (Fsp3) is 0.520. The van der Waals surface area contributed by atoms with Gasteiger partial charge in [-0.3, -0.25) is 9.59 Å². The largest absolute Gasteiger partial charge is 0.464 e. The lowest BCUT2D eigenvalue weighted by Gasteiger charge is -2.30. The number of furan rings is 1. The molecule has 1 aromatic carbocycles. The number of nitrogens with zero attached hydrogens (tertiary/aromatic N) is 2. The third-order valence-corrected chi connectivity index (χ3v) is 5.71. The van der Waals surface area contributed by atoms with E-state index in [2.05, 4.69) is 13.8 Å². The predicted octanol–water partition coefficient (Wildman–Crippen LogP) is 4.93. The second-order valence-electron chi connectivity index (χ2n) is 8.98. The summed E-state index contributed by atoms with van der Waals surface area (Å²) in [5, 5.41) is 0. The van der Waals surface area contributed by atoms with Crippen molar-refractivity contribution in [2.75, 3.05) is 13.1 Å². The van der Waals surface area contributed by atoms with Gasteiger partial charge in [-0.1, -0.05) is 38.8 Å². The summed E-state index contributed by atoms with van der Waals surface area (Å²) in [7, 11) is 0. The Hall–Kier alpha value is -2.63. The van der Waals surface area contributed by atoms with Crippen LogP contribution >= 0.6 is 0 Å². The van der Waals surface area contributed by atoms with Gasteiger partial charge in [-0.2, -0.15) is 0 Å². The highest BCUT2D eigenvalue weighted by Crippen LogP contribution is 2.27. The first kappa shape index (κ1) is 23.0. The van der Waals surface area contributed by atoms with Gasteiger partial charge < -0.3 is 14.2 Å². The van der Waals surface area contributed by atoms with Gasteiger partial charge in [0.05, 0.1) is 13.1 Å². The Balaban J connectivity index is 1.76. The molecule has 1 aliphatic carbocycles. The maximum Gasteiger partial charge on any atom is 0.242 e. The normalized spacial score (nSPS) is 14.2. The van der Waals surface area contributed by atoms with Crippen LogP contribution in [0.3, 0.4) is 0 Å². The molecule has 2 amide bonds. The van der Waals surface area contributed by atoms with Crippen molar-refractivity contribution in [2.24, 2.45) is 11.8 Å². The van der Waals surface area contributed by atoms with Crippen LogP contribution in [0.25, 0.3) is 0 Å². The number of hydrogen-bond donors (Lipinski definition) is 0. The van der Waals surface area contributed by atoms with E-state index < -0.39 is 0 Å². The fourth-order valence-electron chi connectivity index (χ4n) is 4.17. The summed E-state index contributed by atoms with van der Waals surface area (Å²) in [5.41, 5.74) is 0.829. The molecule has 0 spiro atoms. The molecule has 31 heavy (non-hydrogen) atoms. The number of amides is 2. The fourth-order valence-corrected chi connectivity index (χ4v) is 4.17. The molecule has 0 bridgehead atoms. The van der Waals surface area contributed by atoms with E-state index in [1.54, 1.807) is 21.9 Å². The van der Waals surface area contributed by atoms with Gasteiger partial charge in [-0.25, -0.2) is 4.39 Å². The minimum Gasteiger partial charge on any atom is -0.464 e. The van der Waals surface area contributed by atoms with Gasteiger partial charge in [0, 0.05) is 19.0 Å². The molecule has 6 heteroatoms. The Kier molecular flexibility index (Phi) is 7.88. The van der Waals surface area contributed by atoms with Crippen molar-refractivity contribution < 1.29 is 18.4 Å². The number of benzene rings is 1. The van der Waals surface area contributed by atoms with E-state index in [9.17, 15) is 14.0 Å². The molecule has 168 valence electrons. The zero-order chi connectivity index (χ0) is 22.4. The van der Waals surface area contributed by atoms with Gasteiger partial charge in [-0.15, -0.1) is 0 Å². The van der Waals surface area contributed by atoms with Crippen molar-refractivity contribution >= 4 is 11.8 Å². The van der Waals surface area contributed by atoms with E-state index in [0.717, 1.165) is 37.0 Å². The van der Waals surface area contributed by atoms with Crippen molar-refractivity contribution in [3.05, 3.63) is 59.3 Å². The van der Waals surface area contributed by atoms with Crippen LogP contribution in [0.15, 0.2) is 40.8 Å². The maximum atomic E-state index is 13.4. The van der Waals surface area contributed by atoms with E-state index in [4.69, 9.17) is 4.42 Å². The van der Waals surface area contributed by atoms with E-state index in [-0.39, 0.29) is 36.0 Å².